The number of sulfonamides is 1. The predicted octanol–water partition coefficient (Wildman–Crippen LogP) is 2.36. The first-order valence-corrected chi connectivity index (χ1v) is 8.38. The van der Waals surface area contributed by atoms with E-state index in [1.165, 1.54) is 16.4 Å². The Morgan fingerprint density at radius 1 is 1.50 bits per heavy atom. The molecule has 1 unspecified atom stereocenters. The van der Waals surface area contributed by atoms with Gasteiger partial charge in [-0.2, -0.15) is 4.31 Å². The quantitative estimate of drug-likeness (QED) is 0.803. The van der Waals surface area contributed by atoms with Crippen molar-refractivity contribution in [1.82, 2.24) is 4.31 Å². The number of alkyl halides is 1. The van der Waals surface area contributed by atoms with Crippen LogP contribution < -0.4 is 0 Å². The van der Waals surface area contributed by atoms with Crippen molar-refractivity contribution in [3.8, 4) is 0 Å². The van der Waals surface area contributed by atoms with Crippen molar-refractivity contribution < 1.29 is 17.5 Å². The van der Waals surface area contributed by atoms with E-state index in [9.17, 15) is 12.8 Å². The summed E-state index contributed by atoms with van der Waals surface area (Å²) >= 11 is 5.61. The molecule has 0 bridgehead atoms. The third kappa shape index (κ3) is 3.31. The van der Waals surface area contributed by atoms with Gasteiger partial charge in [0.05, 0.1) is 6.10 Å². The Morgan fingerprint density at radius 2 is 2.25 bits per heavy atom. The summed E-state index contributed by atoms with van der Waals surface area (Å²) in [6.45, 7) is 2.89. The monoisotopic (exact) mass is 321 g/mol. The maximum absolute atomic E-state index is 14.0. The summed E-state index contributed by atoms with van der Waals surface area (Å²) in [6, 6.07) is 3.97. The van der Waals surface area contributed by atoms with Gasteiger partial charge in [0.15, 0.2) is 0 Å². The van der Waals surface area contributed by atoms with Gasteiger partial charge < -0.3 is 4.74 Å². The van der Waals surface area contributed by atoms with Crippen LogP contribution in [0.3, 0.4) is 0 Å². The van der Waals surface area contributed by atoms with Crippen LogP contribution in [0.5, 0.6) is 0 Å². The number of ether oxygens (including phenoxy) is 1. The zero-order valence-corrected chi connectivity index (χ0v) is 12.8. The van der Waals surface area contributed by atoms with Gasteiger partial charge >= 0.3 is 0 Å². The van der Waals surface area contributed by atoms with E-state index in [0.29, 0.717) is 25.1 Å². The Morgan fingerprint density at radius 3 is 2.90 bits per heavy atom. The molecule has 1 heterocycles. The maximum atomic E-state index is 14.0. The van der Waals surface area contributed by atoms with Crippen molar-refractivity contribution >= 4 is 21.6 Å². The van der Waals surface area contributed by atoms with Gasteiger partial charge in [-0.05, 0) is 31.0 Å². The second-order valence-electron chi connectivity index (χ2n) is 4.80. The fourth-order valence-corrected chi connectivity index (χ4v) is 3.92. The lowest BCUT2D eigenvalue weighted by molar-refractivity contribution is 0.0752. The second kappa shape index (κ2) is 6.39. The lowest BCUT2D eigenvalue weighted by Gasteiger charge is -2.22. The number of hydrogen-bond donors (Lipinski definition) is 0. The summed E-state index contributed by atoms with van der Waals surface area (Å²) in [7, 11) is -3.84. The van der Waals surface area contributed by atoms with Crippen LogP contribution in [0.1, 0.15) is 18.9 Å². The van der Waals surface area contributed by atoms with Gasteiger partial charge in [-0.15, -0.1) is 11.6 Å². The smallest absolute Gasteiger partial charge is 0.246 e. The molecule has 1 saturated heterocycles. The summed E-state index contributed by atoms with van der Waals surface area (Å²) in [5.41, 5.74) is 0.552. The van der Waals surface area contributed by atoms with Crippen LogP contribution in [0.2, 0.25) is 0 Å². The normalized spacial score (nSPS) is 21.6. The van der Waals surface area contributed by atoms with Crippen LogP contribution in [-0.4, -0.2) is 38.5 Å². The first-order valence-electron chi connectivity index (χ1n) is 6.41. The molecule has 0 radical (unpaired) electrons. The molecule has 0 spiro atoms. The average molecular weight is 322 g/mol. The van der Waals surface area contributed by atoms with Crippen LogP contribution in [0.25, 0.3) is 0 Å². The summed E-state index contributed by atoms with van der Waals surface area (Å²) in [4.78, 5) is -0.305. The SMILES string of the molecule is CC1CN(S(=O)(=O)c2ccc(CCl)cc2F)CCCO1. The molecule has 0 N–H and O–H groups in total. The van der Waals surface area contributed by atoms with Gasteiger partial charge in [0, 0.05) is 25.6 Å². The maximum Gasteiger partial charge on any atom is 0.246 e. The fraction of sp³-hybridized carbons (Fsp3) is 0.538. The molecule has 0 aromatic heterocycles. The van der Waals surface area contributed by atoms with Crippen molar-refractivity contribution in [2.24, 2.45) is 0 Å². The van der Waals surface area contributed by atoms with Crippen molar-refractivity contribution in [2.75, 3.05) is 19.7 Å². The summed E-state index contributed by atoms with van der Waals surface area (Å²) in [6.07, 6.45) is 0.405. The third-order valence-electron chi connectivity index (χ3n) is 3.18. The highest BCUT2D eigenvalue weighted by Gasteiger charge is 2.30. The van der Waals surface area contributed by atoms with Gasteiger partial charge in [-0.1, -0.05) is 6.07 Å². The van der Waals surface area contributed by atoms with E-state index >= 15 is 0 Å². The van der Waals surface area contributed by atoms with E-state index in [4.69, 9.17) is 16.3 Å². The highest BCUT2D eigenvalue weighted by molar-refractivity contribution is 7.89. The third-order valence-corrected chi connectivity index (χ3v) is 5.39. The average Bonchev–Trinajstić information content (AvgIpc) is 2.63. The van der Waals surface area contributed by atoms with Crippen LogP contribution in [0.4, 0.5) is 4.39 Å². The van der Waals surface area contributed by atoms with E-state index in [2.05, 4.69) is 0 Å². The topological polar surface area (TPSA) is 46.6 Å². The highest BCUT2D eigenvalue weighted by Crippen LogP contribution is 2.23. The Bertz CT molecular complexity index is 579. The van der Waals surface area contributed by atoms with E-state index in [0.717, 1.165) is 6.07 Å². The number of nitrogens with zero attached hydrogens (tertiary/aromatic N) is 1. The zero-order chi connectivity index (χ0) is 14.8. The first kappa shape index (κ1) is 15.7. The van der Waals surface area contributed by atoms with Crippen molar-refractivity contribution in [3.63, 3.8) is 0 Å². The minimum absolute atomic E-state index is 0.145. The highest BCUT2D eigenvalue weighted by atomic mass is 35.5. The molecule has 7 heteroatoms. The Labute approximate surface area is 123 Å². The Hall–Kier alpha value is -0.690. The van der Waals surface area contributed by atoms with Crippen molar-refractivity contribution in [1.29, 1.82) is 0 Å². The van der Waals surface area contributed by atoms with E-state index in [-0.39, 0.29) is 23.4 Å². The van der Waals surface area contributed by atoms with Gasteiger partial charge in [0.2, 0.25) is 10.0 Å². The Balaban J connectivity index is 2.34. The van der Waals surface area contributed by atoms with Crippen molar-refractivity contribution in [2.45, 2.75) is 30.2 Å². The van der Waals surface area contributed by atoms with Gasteiger partial charge in [0.1, 0.15) is 10.7 Å². The lowest BCUT2D eigenvalue weighted by atomic mass is 10.2. The molecular formula is C13H17ClFNO3S. The van der Waals surface area contributed by atoms with Crippen molar-refractivity contribution in [3.05, 3.63) is 29.6 Å². The molecule has 1 aromatic carbocycles. The Kier molecular flexibility index (Phi) is 5.01. The minimum Gasteiger partial charge on any atom is -0.377 e. The molecule has 1 fully saturated rings. The van der Waals surface area contributed by atoms with Gasteiger partial charge in [0.25, 0.3) is 0 Å². The minimum atomic E-state index is -3.84. The molecule has 4 nitrogen and oxygen atoms in total. The van der Waals surface area contributed by atoms with Crippen LogP contribution in [0.15, 0.2) is 23.1 Å². The molecule has 0 aliphatic carbocycles. The molecule has 0 amide bonds. The van der Waals surface area contributed by atoms with E-state index in [1.54, 1.807) is 6.92 Å². The molecule has 1 aromatic rings. The van der Waals surface area contributed by atoms with Crippen LogP contribution in [0, 0.1) is 5.82 Å². The molecule has 2 rings (SSSR count). The predicted molar refractivity (Wildman–Crippen MR) is 74.7 cm³/mol. The molecule has 112 valence electrons. The standard InChI is InChI=1S/C13H17ClFNO3S/c1-10-9-16(5-2-6-19-10)20(17,18)13-4-3-11(8-14)7-12(13)15/h3-4,7,10H,2,5-6,8-9H2,1H3. The lowest BCUT2D eigenvalue weighted by Crippen LogP contribution is -2.36. The van der Waals surface area contributed by atoms with E-state index in [1.807, 2.05) is 0 Å². The fourth-order valence-electron chi connectivity index (χ4n) is 2.15. The zero-order valence-electron chi connectivity index (χ0n) is 11.2. The van der Waals surface area contributed by atoms with Gasteiger partial charge in [-0.3, -0.25) is 0 Å². The van der Waals surface area contributed by atoms with E-state index < -0.39 is 15.8 Å². The van der Waals surface area contributed by atoms with Crippen LogP contribution in [-0.2, 0) is 20.6 Å². The van der Waals surface area contributed by atoms with Gasteiger partial charge in [-0.25, -0.2) is 12.8 Å². The number of benzene rings is 1. The molecular weight excluding hydrogens is 305 g/mol. The molecule has 20 heavy (non-hydrogen) atoms. The van der Waals surface area contributed by atoms with Crippen LogP contribution >= 0.6 is 11.6 Å². The number of halogens is 2. The summed E-state index contributed by atoms with van der Waals surface area (Å²) < 4.78 is 45.7. The first-order chi connectivity index (χ1) is 9.45. The summed E-state index contributed by atoms with van der Waals surface area (Å²) in [5, 5.41) is 0. The molecule has 1 atom stereocenters. The number of rotatable bonds is 3. The molecule has 1 aliphatic rings. The second-order valence-corrected chi connectivity index (χ2v) is 6.97. The molecule has 1 aliphatic heterocycles. The largest absolute Gasteiger partial charge is 0.377 e. The number of hydrogen-bond acceptors (Lipinski definition) is 3. The molecule has 0 saturated carbocycles. The summed E-state index contributed by atoms with van der Waals surface area (Å²) in [5.74, 6) is -0.618.